The molecule has 1 aliphatic rings. The normalized spacial score (nSPS) is 18.2. The Bertz CT molecular complexity index is 978. The first-order valence-corrected chi connectivity index (χ1v) is 9.78. The Hall–Kier alpha value is -2.91. The molecule has 31 heavy (non-hydrogen) atoms. The number of nitrogens with zero attached hydrogens (tertiary/aromatic N) is 3. The number of amides is 1. The minimum absolute atomic E-state index is 0.0515. The Morgan fingerprint density at radius 3 is 2.61 bits per heavy atom. The van der Waals surface area contributed by atoms with Crippen molar-refractivity contribution in [3.8, 4) is 11.1 Å². The molecule has 1 aromatic heterocycles. The molecule has 1 amide bonds. The number of aryl methyl sites for hydroxylation is 1. The van der Waals surface area contributed by atoms with Gasteiger partial charge in [-0.15, -0.1) is 0 Å². The second kappa shape index (κ2) is 8.32. The maximum Gasteiger partial charge on any atom is 0.410 e. The summed E-state index contributed by atoms with van der Waals surface area (Å²) in [5.74, 6) is -4.51. The molecule has 0 aliphatic carbocycles. The highest BCUT2D eigenvalue weighted by Gasteiger charge is 2.51. The van der Waals surface area contributed by atoms with E-state index in [2.05, 4.69) is 15.3 Å². The van der Waals surface area contributed by atoms with Crippen molar-refractivity contribution < 1.29 is 27.1 Å². The SMILES string of the molecule is Cc1nc(NCC2N(C(=O)OC(C)(C)C)CCC2(F)F)ncc1-c1ccc(F)cc1F. The average Bonchev–Trinajstić information content (AvgIpc) is 2.94. The van der Waals surface area contributed by atoms with Crippen molar-refractivity contribution in [3.63, 3.8) is 0 Å². The van der Waals surface area contributed by atoms with Gasteiger partial charge in [-0.1, -0.05) is 0 Å². The Morgan fingerprint density at radius 2 is 2.00 bits per heavy atom. The number of nitrogens with one attached hydrogen (secondary N) is 1. The lowest BCUT2D eigenvalue weighted by Crippen LogP contribution is -2.48. The third-order valence-electron chi connectivity index (χ3n) is 4.83. The number of carbonyl (C=O) groups is 1. The van der Waals surface area contributed by atoms with E-state index in [0.717, 1.165) is 17.0 Å². The maximum atomic E-state index is 14.4. The molecule has 1 unspecified atom stereocenters. The minimum Gasteiger partial charge on any atom is -0.444 e. The summed E-state index contributed by atoms with van der Waals surface area (Å²) in [7, 11) is 0. The van der Waals surface area contributed by atoms with Crippen LogP contribution in [-0.4, -0.2) is 51.6 Å². The number of halogens is 4. The molecule has 168 valence electrons. The van der Waals surface area contributed by atoms with Gasteiger partial charge in [0.25, 0.3) is 5.92 Å². The molecule has 1 aliphatic heterocycles. The van der Waals surface area contributed by atoms with Crippen LogP contribution in [-0.2, 0) is 4.74 Å². The number of alkyl halides is 2. The zero-order chi connectivity index (χ0) is 23.0. The van der Waals surface area contributed by atoms with Crippen LogP contribution in [0.4, 0.5) is 28.3 Å². The van der Waals surface area contributed by atoms with Gasteiger partial charge >= 0.3 is 6.09 Å². The lowest BCUT2D eigenvalue weighted by atomic mass is 10.1. The lowest BCUT2D eigenvalue weighted by Gasteiger charge is -2.30. The van der Waals surface area contributed by atoms with Crippen LogP contribution in [0.5, 0.6) is 0 Å². The fourth-order valence-corrected chi connectivity index (χ4v) is 3.33. The quantitative estimate of drug-likeness (QED) is 0.693. The van der Waals surface area contributed by atoms with Crippen LogP contribution < -0.4 is 5.32 Å². The van der Waals surface area contributed by atoms with E-state index in [9.17, 15) is 22.4 Å². The van der Waals surface area contributed by atoms with Crippen molar-refractivity contribution >= 4 is 12.0 Å². The highest BCUT2D eigenvalue weighted by molar-refractivity contribution is 5.69. The van der Waals surface area contributed by atoms with Crippen LogP contribution in [0.3, 0.4) is 0 Å². The largest absolute Gasteiger partial charge is 0.444 e. The summed E-state index contributed by atoms with van der Waals surface area (Å²) in [4.78, 5) is 21.6. The number of ether oxygens (including phenoxy) is 1. The van der Waals surface area contributed by atoms with Crippen LogP contribution in [0, 0.1) is 18.6 Å². The Balaban J connectivity index is 1.74. The van der Waals surface area contributed by atoms with Gasteiger partial charge in [0.2, 0.25) is 5.95 Å². The number of likely N-dealkylation sites (tertiary alicyclic amines) is 1. The first kappa shape index (κ1) is 22.8. The van der Waals surface area contributed by atoms with E-state index >= 15 is 0 Å². The summed E-state index contributed by atoms with van der Waals surface area (Å²) < 4.78 is 61.2. The standard InChI is InChI=1S/C21H24F4N4O2/c1-12-15(14-6-5-13(22)9-16(14)23)10-26-18(28-12)27-11-17-21(24,25)7-8-29(17)19(30)31-20(2,3)4/h5-6,9-10,17H,7-8,11H2,1-4H3,(H,26,27,28). The summed E-state index contributed by atoms with van der Waals surface area (Å²) in [5.41, 5.74) is 0.0530. The fraction of sp³-hybridized carbons (Fsp3) is 0.476. The van der Waals surface area contributed by atoms with Gasteiger partial charge in [0.1, 0.15) is 23.3 Å². The Labute approximate surface area is 177 Å². The van der Waals surface area contributed by atoms with Gasteiger partial charge in [-0.25, -0.2) is 32.3 Å². The van der Waals surface area contributed by atoms with Crippen LogP contribution >= 0.6 is 0 Å². The number of aromatic nitrogens is 2. The molecule has 2 aromatic rings. The van der Waals surface area contributed by atoms with Crippen molar-refractivity contribution in [1.82, 2.24) is 14.9 Å². The number of anilines is 1. The molecule has 1 fully saturated rings. The second-order valence-corrected chi connectivity index (χ2v) is 8.40. The average molecular weight is 440 g/mol. The fourth-order valence-electron chi connectivity index (χ4n) is 3.33. The van der Waals surface area contributed by atoms with Gasteiger partial charge in [-0.2, -0.15) is 0 Å². The van der Waals surface area contributed by atoms with Crippen LogP contribution in [0.1, 0.15) is 32.9 Å². The minimum atomic E-state index is -3.10. The number of hydrogen-bond acceptors (Lipinski definition) is 5. The predicted octanol–water partition coefficient (Wildman–Crippen LogP) is 4.79. The molecular formula is C21H24F4N4O2. The molecule has 0 spiro atoms. The molecule has 10 heteroatoms. The van der Waals surface area contributed by atoms with E-state index < -0.39 is 41.7 Å². The highest BCUT2D eigenvalue weighted by atomic mass is 19.3. The Kier molecular flexibility index (Phi) is 6.11. The summed E-state index contributed by atoms with van der Waals surface area (Å²) in [5, 5.41) is 2.73. The molecule has 1 atom stereocenters. The Morgan fingerprint density at radius 1 is 1.29 bits per heavy atom. The van der Waals surface area contributed by atoms with E-state index in [1.54, 1.807) is 27.7 Å². The summed E-state index contributed by atoms with van der Waals surface area (Å²) >= 11 is 0. The van der Waals surface area contributed by atoms with E-state index in [-0.39, 0.29) is 24.6 Å². The zero-order valence-electron chi connectivity index (χ0n) is 17.7. The predicted molar refractivity (Wildman–Crippen MR) is 107 cm³/mol. The van der Waals surface area contributed by atoms with Gasteiger partial charge in [-0.05, 0) is 39.8 Å². The first-order valence-electron chi connectivity index (χ1n) is 9.78. The maximum absolute atomic E-state index is 14.4. The highest BCUT2D eigenvalue weighted by Crippen LogP contribution is 2.35. The van der Waals surface area contributed by atoms with E-state index in [0.29, 0.717) is 11.3 Å². The van der Waals surface area contributed by atoms with E-state index in [4.69, 9.17) is 4.74 Å². The second-order valence-electron chi connectivity index (χ2n) is 8.40. The molecule has 2 heterocycles. The summed E-state index contributed by atoms with van der Waals surface area (Å²) in [6.45, 7) is 6.16. The van der Waals surface area contributed by atoms with E-state index in [1.807, 2.05) is 0 Å². The molecule has 0 saturated carbocycles. The first-order chi connectivity index (χ1) is 14.4. The molecule has 1 aromatic carbocycles. The van der Waals surface area contributed by atoms with Crippen molar-refractivity contribution in [2.45, 2.75) is 51.7 Å². The smallest absolute Gasteiger partial charge is 0.410 e. The summed E-state index contributed by atoms with van der Waals surface area (Å²) in [6.07, 6.45) is 0.0522. The number of benzene rings is 1. The van der Waals surface area contributed by atoms with Gasteiger partial charge in [-0.3, -0.25) is 4.90 Å². The van der Waals surface area contributed by atoms with Crippen LogP contribution in [0.15, 0.2) is 24.4 Å². The van der Waals surface area contributed by atoms with E-state index in [1.165, 1.54) is 12.3 Å². The molecule has 6 nitrogen and oxygen atoms in total. The van der Waals surface area contributed by atoms with Gasteiger partial charge in [0.15, 0.2) is 0 Å². The lowest BCUT2D eigenvalue weighted by molar-refractivity contribution is -0.0360. The molecule has 0 radical (unpaired) electrons. The third-order valence-corrected chi connectivity index (χ3v) is 4.83. The van der Waals surface area contributed by atoms with Crippen molar-refractivity contribution in [2.24, 2.45) is 0 Å². The molecule has 1 N–H and O–H groups in total. The monoisotopic (exact) mass is 440 g/mol. The van der Waals surface area contributed by atoms with Crippen molar-refractivity contribution in [3.05, 3.63) is 41.7 Å². The zero-order valence-corrected chi connectivity index (χ0v) is 17.7. The van der Waals surface area contributed by atoms with Gasteiger partial charge in [0.05, 0.1) is 5.69 Å². The van der Waals surface area contributed by atoms with Gasteiger partial charge in [0, 0.05) is 42.9 Å². The van der Waals surface area contributed by atoms with Gasteiger partial charge < -0.3 is 10.1 Å². The molecule has 3 rings (SSSR count). The van der Waals surface area contributed by atoms with Crippen LogP contribution in [0.25, 0.3) is 11.1 Å². The molecule has 0 bridgehead atoms. The van der Waals surface area contributed by atoms with Crippen molar-refractivity contribution in [2.75, 3.05) is 18.4 Å². The topological polar surface area (TPSA) is 67.4 Å². The van der Waals surface area contributed by atoms with Crippen molar-refractivity contribution in [1.29, 1.82) is 0 Å². The van der Waals surface area contributed by atoms with Crippen LogP contribution in [0.2, 0.25) is 0 Å². The number of carbonyl (C=O) groups excluding carboxylic acids is 1. The third kappa shape index (κ3) is 5.23. The molecule has 1 saturated heterocycles. The number of hydrogen-bond donors (Lipinski definition) is 1. The number of rotatable bonds is 4. The molecular weight excluding hydrogens is 416 g/mol. The summed E-state index contributed by atoms with van der Waals surface area (Å²) in [6, 6.07) is 1.73.